The van der Waals surface area contributed by atoms with Gasteiger partial charge in [0.15, 0.2) is 5.78 Å². The summed E-state index contributed by atoms with van der Waals surface area (Å²) in [5.41, 5.74) is 0.508. The summed E-state index contributed by atoms with van der Waals surface area (Å²) in [6.07, 6.45) is 0.420. The molecule has 0 spiro atoms. The average Bonchev–Trinajstić information content (AvgIpc) is 2.27. The fourth-order valence-electron chi connectivity index (χ4n) is 1.31. The Balaban J connectivity index is 2.49. The molecule has 0 amide bonds. The molecule has 2 rings (SSSR count). The van der Waals surface area contributed by atoms with Crippen molar-refractivity contribution in [2.45, 2.75) is 12.8 Å². The van der Waals surface area contributed by atoms with Crippen LogP contribution in [0.4, 0.5) is 0 Å². The molecule has 1 aliphatic heterocycles. The van der Waals surface area contributed by atoms with Crippen LogP contribution < -0.4 is 4.74 Å². The topological polar surface area (TPSA) is 43.4 Å². The summed E-state index contributed by atoms with van der Waals surface area (Å²) in [6, 6.07) is 6.81. The van der Waals surface area contributed by atoms with E-state index in [1.54, 1.807) is 24.3 Å². The molecule has 66 valence electrons. The van der Waals surface area contributed by atoms with Crippen LogP contribution in [0.3, 0.4) is 0 Å². The third-order valence-electron chi connectivity index (χ3n) is 1.97. The van der Waals surface area contributed by atoms with Crippen molar-refractivity contribution < 1.29 is 14.3 Å². The number of fused-ring (bicyclic) bond motifs is 1. The van der Waals surface area contributed by atoms with Crippen LogP contribution in [0.1, 0.15) is 23.2 Å². The molecule has 0 bridgehead atoms. The van der Waals surface area contributed by atoms with Gasteiger partial charge in [-0.05, 0) is 12.1 Å². The summed E-state index contributed by atoms with van der Waals surface area (Å²) in [7, 11) is 0. The average molecular weight is 176 g/mol. The lowest BCUT2D eigenvalue weighted by Crippen LogP contribution is -2.05. The van der Waals surface area contributed by atoms with E-state index in [-0.39, 0.29) is 24.6 Å². The molecule has 0 atom stereocenters. The van der Waals surface area contributed by atoms with Gasteiger partial charge in [0.1, 0.15) is 5.75 Å². The molecule has 1 aromatic rings. The number of rotatable bonds is 0. The van der Waals surface area contributed by atoms with Gasteiger partial charge in [0.05, 0.1) is 12.0 Å². The smallest absolute Gasteiger partial charge is 0.311 e. The lowest BCUT2D eigenvalue weighted by molar-refractivity contribution is -0.134. The zero-order valence-corrected chi connectivity index (χ0v) is 6.95. The molecule has 0 saturated heterocycles. The van der Waals surface area contributed by atoms with E-state index in [0.29, 0.717) is 11.3 Å². The van der Waals surface area contributed by atoms with E-state index < -0.39 is 0 Å². The third kappa shape index (κ3) is 1.45. The summed E-state index contributed by atoms with van der Waals surface area (Å²) in [6.45, 7) is 0. The van der Waals surface area contributed by atoms with Crippen LogP contribution >= 0.6 is 0 Å². The van der Waals surface area contributed by atoms with Crippen molar-refractivity contribution in [3.05, 3.63) is 29.8 Å². The number of carbonyl (C=O) groups excluding carboxylic acids is 2. The molecule has 0 saturated carbocycles. The summed E-state index contributed by atoms with van der Waals surface area (Å²) < 4.78 is 4.97. The lowest BCUT2D eigenvalue weighted by Gasteiger charge is -2.02. The molecule has 0 fully saturated rings. The second-order valence-corrected chi connectivity index (χ2v) is 2.89. The molecule has 1 aliphatic rings. The summed E-state index contributed by atoms with van der Waals surface area (Å²) in [4.78, 5) is 22.4. The van der Waals surface area contributed by atoms with Crippen molar-refractivity contribution in [1.29, 1.82) is 0 Å². The van der Waals surface area contributed by atoms with Gasteiger partial charge in [-0.1, -0.05) is 12.1 Å². The number of hydrogen-bond donors (Lipinski definition) is 0. The highest BCUT2D eigenvalue weighted by Gasteiger charge is 2.20. The molecule has 0 aliphatic carbocycles. The second-order valence-electron chi connectivity index (χ2n) is 2.89. The highest BCUT2D eigenvalue weighted by Crippen LogP contribution is 2.23. The Kier molecular flexibility index (Phi) is 1.85. The predicted molar refractivity (Wildman–Crippen MR) is 45.6 cm³/mol. The van der Waals surface area contributed by atoms with Gasteiger partial charge in [-0.2, -0.15) is 0 Å². The largest absolute Gasteiger partial charge is 0.426 e. The Bertz CT molecular complexity index is 368. The van der Waals surface area contributed by atoms with Gasteiger partial charge in [-0.15, -0.1) is 0 Å². The van der Waals surface area contributed by atoms with Gasteiger partial charge in [-0.3, -0.25) is 9.59 Å². The molecule has 0 radical (unpaired) electrons. The number of hydrogen-bond acceptors (Lipinski definition) is 3. The second kappa shape index (κ2) is 3.01. The molecular weight excluding hydrogens is 168 g/mol. The van der Waals surface area contributed by atoms with Gasteiger partial charge in [0, 0.05) is 6.42 Å². The highest BCUT2D eigenvalue weighted by molar-refractivity contribution is 6.02. The molecule has 0 unspecified atom stereocenters. The van der Waals surface area contributed by atoms with Crippen LogP contribution in [-0.2, 0) is 4.79 Å². The molecule has 0 N–H and O–H groups in total. The Labute approximate surface area is 75.3 Å². The number of esters is 1. The number of benzene rings is 1. The van der Waals surface area contributed by atoms with Crippen LogP contribution in [0.25, 0.3) is 0 Å². The molecular formula is C10H8O3. The molecule has 0 aromatic heterocycles. The first-order valence-electron chi connectivity index (χ1n) is 4.10. The van der Waals surface area contributed by atoms with Crippen LogP contribution in [-0.4, -0.2) is 11.8 Å². The minimum atomic E-state index is -0.335. The van der Waals surface area contributed by atoms with E-state index >= 15 is 0 Å². The van der Waals surface area contributed by atoms with Crippen molar-refractivity contribution in [2.75, 3.05) is 0 Å². The van der Waals surface area contributed by atoms with Gasteiger partial charge in [0.25, 0.3) is 0 Å². The van der Waals surface area contributed by atoms with Crippen molar-refractivity contribution in [2.24, 2.45) is 0 Å². The van der Waals surface area contributed by atoms with Crippen LogP contribution in [0.15, 0.2) is 24.3 Å². The summed E-state index contributed by atoms with van der Waals surface area (Å²) in [5, 5.41) is 0. The van der Waals surface area contributed by atoms with Gasteiger partial charge in [-0.25, -0.2) is 0 Å². The predicted octanol–water partition coefficient (Wildman–Crippen LogP) is 1.57. The van der Waals surface area contributed by atoms with E-state index in [9.17, 15) is 9.59 Å². The normalized spacial score (nSPS) is 16.0. The van der Waals surface area contributed by atoms with Gasteiger partial charge in [0.2, 0.25) is 0 Å². The first-order valence-corrected chi connectivity index (χ1v) is 4.10. The maximum absolute atomic E-state index is 11.4. The molecule has 3 heteroatoms. The standard InChI is InChI=1S/C10H8O3/c11-8-5-6-10(12)13-9-4-2-1-3-7(8)9/h1-4H,5-6H2. The van der Waals surface area contributed by atoms with Gasteiger partial charge >= 0.3 is 5.97 Å². The third-order valence-corrected chi connectivity index (χ3v) is 1.97. The first kappa shape index (κ1) is 7.98. The Morgan fingerprint density at radius 2 is 1.85 bits per heavy atom. The maximum Gasteiger partial charge on any atom is 0.311 e. The lowest BCUT2D eigenvalue weighted by atomic mass is 10.1. The number of carbonyl (C=O) groups is 2. The fourth-order valence-corrected chi connectivity index (χ4v) is 1.31. The SMILES string of the molecule is O=C1CCC(=O)c2ccccc2O1. The van der Waals surface area contributed by atoms with Gasteiger partial charge < -0.3 is 4.74 Å². The Morgan fingerprint density at radius 3 is 2.69 bits per heavy atom. The maximum atomic E-state index is 11.4. The van der Waals surface area contributed by atoms with E-state index in [4.69, 9.17) is 4.74 Å². The minimum Gasteiger partial charge on any atom is -0.426 e. The van der Waals surface area contributed by atoms with E-state index in [2.05, 4.69) is 0 Å². The Morgan fingerprint density at radius 1 is 1.08 bits per heavy atom. The number of ether oxygens (including phenoxy) is 1. The quantitative estimate of drug-likeness (QED) is 0.445. The minimum absolute atomic E-state index is 0.0264. The zero-order valence-electron chi connectivity index (χ0n) is 6.95. The van der Waals surface area contributed by atoms with E-state index in [0.717, 1.165) is 0 Å². The molecule has 13 heavy (non-hydrogen) atoms. The van der Waals surface area contributed by atoms with E-state index in [1.165, 1.54) is 0 Å². The molecule has 1 heterocycles. The first-order chi connectivity index (χ1) is 6.27. The van der Waals surface area contributed by atoms with Crippen LogP contribution in [0, 0.1) is 0 Å². The van der Waals surface area contributed by atoms with Crippen LogP contribution in [0.5, 0.6) is 5.75 Å². The van der Waals surface area contributed by atoms with Crippen LogP contribution in [0.2, 0.25) is 0 Å². The van der Waals surface area contributed by atoms with Crippen molar-refractivity contribution >= 4 is 11.8 Å². The van der Waals surface area contributed by atoms with Crippen molar-refractivity contribution in [3.8, 4) is 5.75 Å². The van der Waals surface area contributed by atoms with Crippen molar-refractivity contribution in [1.82, 2.24) is 0 Å². The highest BCUT2D eigenvalue weighted by atomic mass is 16.5. The monoisotopic (exact) mass is 176 g/mol. The molecule has 3 nitrogen and oxygen atoms in total. The van der Waals surface area contributed by atoms with E-state index in [1.807, 2.05) is 0 Å². The summed E-state index contributed by atoms with van der Waals surface area (Å²) in [5.74, 6) is 0.0229. The van der Waals surface area contributed by atoms with Crippen molar-refractivity contribution in [3.63, 3.8) is 0 Å². The summed E-state index contributed by atoms with van der Waals surface area (Å²) >= 11 is 0. The number of ketones is 1. The Hall–Kier alpha value is -1.64. The zero-order chi connectivity index (χ0) is 9.26. The number of para-hydroxylation sites is 1. The number of Topliss-reactive ketones (excluding diaryl/α,β-unsaturated/α-hetero) is 1. The fraction of sp³-hybridized carbons (Fsp3) is 0.200. The molecule has 1 aromatic carbocycles.